The molecule has 1 amide bonds. The molecule has 1 heterocycles. The van der Waals surface area contributed by atoms with E-state index in [4.69, 9.17) is 14.2 Å². The largest absolute Gasteiger partial charge is 0.497 e. The molecule has 0 aliphatic carbocycles. The van der Waals surface area contributed by atoms with Gasteiger partial charge in [0, 0.05) is 26.1 Å². The highest BCUT2D eigenvalue weighted by molar-refractivity contribution is 7.89. The van der Waals surface area contributed by atoms with Crippen LogP contribution in [-0.4, -0.2) is 70.0 Å². The van der Waals surface area contributed by atoms with Crippen LogP contribution in [0.1, 0.15) is 32.8 Å². The second-order valence-corrected chi connectivity index (χ2v) is 12.4. The van der Waals surface area contributed by atoms with Gasteiger partial charge in [-0.1, -0.05) is 51.1 Å². The fourth-order valence-electron chi connectivity index (χ4n) is 4.22. The van der Waals surface area contributed by atoms with Crippen molar-refractivity contribution in [1.29, 1.82) is 0 Å². The van der Waals surface area contributed by atoms with E-state index >= 15 is 0 Å². The number of aliphatic hydroxyl groups is 1. The van der Waals surface area contributed by atoms with Crippen LogP contribution in [0, 0.1) is 11.3 Å². The molecular formula is C29H40N2O7S. The number of amides is 1. The second-order valence-electron chi connectivity index (χ2n) is 10.5. The lowest BCUT2D eigenvalue weighted by Gasteiger charge is -2.36. The lowest BCUT2D eigenvalue weighted by molar-refractivity contribution is -0.153. The van der Waals surface area contributed by atoms with Crippen LogP contribution in [-0.2, 0) is 30.7 Å². The maximum atomic E-state index is 13.2. The zero-order chi connectivity index (χ0) is 28.5. The highest BCUT2D eigenvalue weighted by Crippen LogP contribution is 2.36. The molecule has 2 aromatic carbocycles. The minimum atomic E-state index is -3.86. The number of sulfonamides is 1. The van der Waals surface area contributed by atoms with E-state index in [1.165, 1.54) is 23.5 Å². The SMILES string of the molecule is COc1ccc(S(=O)(=O)N(CCO)CCO[C@@H]2C[C@H](C(C)(C)C)C=C(C(=O)NCCc3ccccc3)O2)cc1. The summed E-state index contributed by atoms with van der Waals surface area (Å²) in [6, 6.07) is 16.0. The highest BCUT2D eigenvalue weighted by atomic mass is 32.2. The Bertz CT molecular complexity index is 1190. The van der Waals surface area contributed by atoms with Crippen LogP contribution in [0.25, 0.3) is 0 Å². The van der Waals surface area contributed by atoms with Crippen LogP contribution in [0.15, 0.2) is 71.3 Å². The zero-order valence-electron chi connectivity index (χ0n) is 23.1. The number of carbonyl (C=O) groups is 1. The standard InChI is InChI=1S/C29H40N2O7S/c1-29(2,3)23-20-26(28(33)30-15-14-22-8-6-5-7-9-22)38-27(21-23)37-19-17-31(16-18-32)39(34,35)25-12-10-24(36-4)11-13-25/h5-13,20,23,27,32H,14-19,21H2,1-4H3,(H,30,33)/t23-,27+/m1/s1. The van der Waals surface area contributed by atoms with Gasteiger partial charge in [-0.2, -0.15) is 4.31 Å². The first-order chi connectivity index (χ1) is 18.5. The summed E-state index contributed by atoms with van der Waals surface area (Å²) in [5.74, 6) is 0.458. The van der Waals surface area contributed by atoms with E-state index in [1.54, 1.807) is 12.1 Å². The van der Waals surface area contributed by atoms with E-state index in [0.717, 1.165) is 5.56 Å². The molecule has 0 aromatic heterocycles. The van der Waals surface area contributed by atoms with Crippen LogP contribution in [0.3, 0.4) is 0 Å². The summed E-state index contributed by atoms with van der Waals surface area (Å²) in [6.45, 7) is 6.36. The van der Waals surface area contributed by atoms with Crippen molar-refractivity contribution in [2.45, 2.75) is 44.8 Å². The normalized spacial score (nSPS) is 17.8. The van der Waals surface area contributed by atoms with Crippen molar-refractivity contribution in [2.75, 3.05) is 40.0 Å². The van der Waals surface area contributed by atoms with Gasteiger partial charge in [-0.3, -0.25) is 4.79 Å². The van der Waals surface area contributed by atoms with E-state index in [0.29, 0.717) is 25.1 Å². The maximum absolute atomic E-state index is 13.2. The van der Waals surface area contributed by atoms with Gasteiger partial charge in [-0.25, -0.2) is 8.42 Å². The Morgan fingerprint density at radius 1 is 1.10 bits per heavy atom. The van der Waals surface area contributed by atoms with Gasteiger partial charge in [-0.15, -0.1) is 0 Å². The number of methoxy groups -OCH3 is 1. The molecule has 2 aromatic rings. The maximum Gasteiger partial charge on any atom is 0.286 e. The van der Waals surface area contributed by atoms with Crippen LogP contribution < -0.4 is 10.1 Å². The van der Waals surface area contributed by atoms with E-state index in [2.05, 4.69) is 26.1 Å². The van der Waals surface area contributed by atoms with Crippen molar-refractivity contribution in [1.82, 2.24) is 9.62 Å². The third-order valence-corrected chi connectivity index (χ3v) is 8.54. The predicted molar refractivity (Wildman–Crippen MR) is 148 cm³/mol. The fourth-order valence-corrected chi connectivity index (χ4v) is 5.64. The van der Waals surface area contributed by atoms with Crippen molar-refractivity contribution in [3.8, 4) is 5.75 Å². The van der Waals surface area contributed by atoms with Crippen LogP contribution in [0.2, 0.25) is 0 Å². The molecule has 2 atom stereocenters. The number of benzene rings is 2. The number of aliphatic hydroxyl groups excluding tert-OH is 1. The average Bonchev–Trinajstić information content (AvgIpc) is 2.92. The molecule has 0 saturated heterocycles. The Morgan fingerprint density at radius 2 is 1.79 bits per heavy atom. The predicted octanol–water partition coefficient (Wildman–Crippen LogP) is 3.35. The van der Waals surface area contributed by atoms with Gasteiger partial charge in [-0.05, 0) is 53.7 Å². The molecule has 0 radical (unpaired) electrons. The minimum absolute atomic E-state index is 0.0112. The number of ether oxygens (including phenoxy) is 3. The van der Waals surface area contributed by atoms with Crippen LogP contribution in [0.5, 0.6) is 5.75 Å². The van der Waals surface area contributed by atoms with Gasteiger partial charge in [0.15, 0.2) is 5.76 Å². The van der Waals surface area contributed by atoms with Crippen molar-refractivity contribution < 1.29 is 32.5 Å². The smallest absolute Gasteiger partial charge is 0.286 e. The molecule has 0 bridgehead atoms. The fraction of sp³-hybridized carbons (Fsp3) is 0.483. The van der Waals surface area contributed by atoms with Crippen molar-refractivity contribution >= 4 is 15.9 Å². The van der Waals surface area contributed by atoms with Gasteiger partial charge < -0.3 is 24.6 Å². The third kappa shape index (κ3) is 8.79. The van der Waals surface area contributed by atoms with Crippen molar-refractivity contribution in [2.24, 2.45) is 11.3 Å². The third-order valence-electron chi connectivity index (χ3n) is 6.63. The molecule has 3 rings (SSSR count). The Morgan fingerprint density at radius 3 is 2.41 bits per heavy atom. The number of nitrogens with one attached hydrogen (secondary N) is 1. The van der Waals surface area contributed by atoms with E-state index < -0.39 is 16.3 Å². The lowest BCUT2D eigenvalue weighted by atomic mass is 9.77. The summed E-state index contributed by atoms with van der Waals surface area (Å²) >= 11 is 0. The Balaban J connectivity index is 1.62. The van der Waals surface area contributed by atoms with Gasteiger partial charge in [0.25, 0.3) is 5.91 Å². The summed E-state index contributed by atoms with van der Waals surface area (Å²) in [4.78, 5) is 13.0. The first-order valence-corrected chi connectivity index (χ1v) is 14.6. The minimum Gasteiger partial charge on any atom is -0.497 e. The topological polar surface area (TPSA) is 114 Å². The molecule has 214 valence electrons. The lowest BCUT2D eigenvalue weighted by Crippen LogP contribution is -2.39. The molecule has 1 aliphatic rings. The number of hydrogen-bond acceptors (Lipinski definition) is 7. The molecule has 0 saturated carbocycles. The van der Waals surface area contributed by atoms with Crippen molar-refractivity contribution in [3.05, 3.63) is 72.0 Å². The van der Waals surface area contributed by atoms with E-state index in [-0.39, 0.29) is 54.2 Å². The summed E-state index contributed by atoms with van der Waals surface area (Å²) in [5, 5.41) is 12.4. The first-order valence-electron chi connectivity index (χ1n) is 13.1. The molecule has 0 spiro atoms. The Hall–Kier alpha value is -2.92. The summed E-state index contributed by atoms with van der Waals surface area (Å²) in [6.07, 6.45) is 2.36. The van der Waals surface area contributed by atoms with Crippen LogP contribution >= 0.6 is 0 Å². The average molecular weight is 561 g/mol. The van der Waals surface area contributed by atoms with E-state index in [1.807, 2.05) is 36.4 Å². The Labute approximate surface area is 231 Å². The summed E-state index contributed by atoms with van der Waals surface area (Å²) < 4.78 is 44.5. The highest BCUT2D eigenvalue weighted by Gasteiger charge is 2.34. The summed E-state index contributed by atoms with van der Waals surface area (Å²) in [5.41, 5.74) is 0.990. The van der Waals surface area contributed by atoms with Gasteiger partial charge >= 0.3 is 0 Å². The summed E-state index contributed by atoms with van der Waals surface area (Å²) in [7, 11) is -2.36. The quantitative estimate of drug-likeness (QED) is 0.386. The Kier molecular flexibility index (Phi) is 10.9. The number of nitrogens with zero attached hydrogens (tertiary/aromatic N) is 1. The second kappa shape index (κ2) is 13.9. The molecular weight excluding hydrogens is 520 g/mol. The molecule has 2 N–H and O–H groups in total. The number of carbonyl (C=O) groups excluding carboxylic acids is 1. The molecule has 9 nitrogen and oxygen atoms in total. The van der Waals surface area contributed by atoms with Crippen LogP contribution in [0.4, 0.5) is 0 Å². The van der Waals surface area contributed by atoms with E-state index in [9.17, 15) is 18.3 Å². The number of rotatable bonds is 13. The number of hydrogen-bond donors (Lipinski definition) is 2. The molecule has 10 heteroatoms. The molecule has 1 aliphatic heterocycles. The van der Waals surface area contributed by atoms with Gasteiger partial charge in [0.2, 0.25) is 16.3 Å². The van der Waals surface area contributed by atoms with Crippen molar-refractivity contribution in [3.63, 3.8) is 0 Å². The molecule has 0 fully saturated rings. The first kappa shape index (κ1) is 30.6. The van der Waals surface area contributed by atoms with Gasteiger partial charge in [0.05, 0.1) is 25.2 Å². The molecule has 0 unspecified atom stereocenters. The zero-order valence-corrected chi connectivity index (χ0v) is 23.9. The number of allylic oxidation sites excluding steroid dienone is 1. The van der Waals surface area contributed by atoms with Gasteiger partial charge in [0.1, 0.15) is 5.75 Å². The monoisotopic (exact) mass is 560 g/mol. The molecule has 39 heavy (non-hydrogen) atoms.